The van der Waals surface area contributed by atoms with Gasteiger partial charge in [0.1, 0.15) is 0 Å². The molecule has 1 fully saturated rings. The molecular weight excluding hydrogens is 343 g/mol. The minimum absolute atomic E-state index is 0. The number of phenolic OH excluding ortho intramolecular Hbond substituents is 1. The van der Waals surface area contributed by atoms with Gasteiger partial charge < -0.3 is 10.4 Å². The van der Waals surface area contributed by atoms with Crippen molar-refractivity contribution in [2.75, 3.05) is 26.2 Å². The fourth-order valence-electron chi connectivity index (χ4n) is 2.77. The van der Waals surface area contributed by atoms with Crippen molar-refractivity contribution in [3.63, 3.8) is 0 Å². The van der Waals surface area contributed by atoms with Crippen LogP contribution < -0.4 is 5.32 Å². The minimum atomic E-state index is -0.649. The van der Waals surface area contributed by atoms with Gasteiger partial charge in [-0.3, -0.25) is 15.0 Å². The van der Waals surface area contributed by atoms with Gasteiger partial charge in [0.15, 0.2) is 5.75 Å². The van der Waals surface area contributed by atoms with E-state index in [9.17, 15) is 15.2 Å². The second-order valence-electron chi connectivity index (χ2n) is 5.01. The molecule has 0 saturated carbocycles. The molecule has 1 atom stereocenters. The molecule has 0 aromatic heterocycles. The Labute approximate surface area is 147 Å². The van der Waals surface area contributed by atoms with Crippen LogP contribution in [0.25, 0.3) is 0 Å². The maximum atomic E-state index is 11.0. The van der Waals surface area contributed by atoms with E-state index in [0.29, 0.717) is 12.0 Å². The summed E-state index contributed by atoms with van der Waals surface area (Å²) in [6, 6.07) is 4.47. The standard InChI is InChI=1S/C14H18N4O3.2ClH/c1-2-12(17-5-3-16-4-6-17)11-7-10(9-15)8-13(14(11)19)18(20)21;;/h7-8,12,16,19H,2-6H2,1H3;2*1H/t12-;;/m1../s1. The molecule has 1 heterocycles. The Hall–Kier alpha value is -1.59. The van der Waals surface area contributed by atoms with Gasteiger partial charge in [0.2, 0.25) is 0 Å². The van der Waals surface area contributed by atoms with E-state index in [1.807, 2.05) is 13.0 Å². The number of nitriles is 1. The number of nitrogens with one attached hydrogen (secondary N) is 1. The van der Waals surface area contributed by atoms with Crippen molar-refractivity contribution in [1.82, 2.24) is 10.2 Å². The second-order valence-corrected chi connectivity index (χ2v) is 5.01. The average molecular weight is 363 g/mol. The first-order valence-corrected chi connectivity index (χ1v) is 6.94. The molecule has 23 heavy (non-hydrogen) atoms. The van der Waals surface area contributed by atoms with Crippen LogP contribution >= 0.6 is 24.8 Å². The molecule has 2 N–H and O–H groups in total. The second kappa shape index (κ2) is 9.53. The minimum Gasteiger partial charge on any atom is -0.502 e. The summed E-state index contributed by atoms with van der Waals surface area (Å²) < 4.78 is 0. The number of hydrogen-bond donors (Lipinski definition) is 2. The van der Waals surface area contributed by atoms with E-state index in [-0.39, 0.29) is 42.2 Å². The Bertz CT molecular complexity index is 586. The fraction of sp³-hybridized carbons (Fsp3) is 0.500. The van der Waals surface area contributed by atoms with E-state index in [2.05, 4.69) is 10.2 Å². The van der Waals surface area contributed by atoms with Gasteiger partial charge >= 0.3 is 5.69 Å². The quantitative estimate of drug-likeness (QED) is 0.629. The molecule has 1 saturated heterocycles. The third kappa shape index (κ3) is 4.69. The molecule has 1 aromatic carbocycles. The van der Waals surface area contributed by atoms with Crippen molar-refractivity contribution >= 4 is 30.5 Å². The van der Waals surface area contributed by atoms with Gasteiger partial charge in [-0.15, -0.1) is 24.8 Å². The zero-order valence-corrected chi connectivity index (χ0v) is 14.3. The first kappa shape index (κ1) is 21.4. The highest BCUT2D eigenvalue weighted by molar-refractivity contribution is 5.85. The highest BCUT2D eigenvalue weighted by Gasteiger charge is 2.28. The summed E-state index contributed by atoms with van der Waals surface area (Å²) in [7, 11) is 0. The van der Waals surface area contributed by atoms with Gasteiger partial charge in [0, 0.05) is 43.9 Å². The van der Waals surface area contributed by atoms with Gasteiger partial charge in [0.05, 0.1) is 16.6 Å². The number of hydrogen-bond acceptors (Lipinski definition) is 6. The molecular formula is C14H20Cl2N4O3. The number of piperazine rings is 1. The number of benzene rings is 1. The average Bonchev–Trinajstić information content (AvgIpc) is 2.50. The summed E-state index contributed by atoms with van der Waals surface area (Å²) in [5.74, 6) is -0.329. The van der Waals surface area contributed by atoms with Crippen LogP contribution in [0.15, 0.2) is 12.1 Å². The molecule has 128 valence electrons. The van der Waals surface area contributed by atoms with Gasteiger partial charge in [-0.2, -0.15) is 5.26 Å². The van der Waals surface area contributed by atoms with Crippen LogP contribution in [0.2, 0.25) is 0 Å². The molecule has 0 bridgehead atoms. The van der Waals surface area contributed by atoms with E-state index in [1.165, 1.54) is 0 Å². The molecule has 9 heteroatoms. The monoisotopic (exact) mass is 362 g/mol. The SMILES string of the molecule is CC[C@H](c1cc(C#N)cc([N+](=O)[O-])c1O)N1CCNCC1.Cl.Cl. The lowest BCUT2D eigenvalue weighted by Gasteiger charge is -2.34. The molecule has 2 rings (SSSR count). The molecule has 0 spiro atoms. The number of halogens is 2. The largest absolute Gasteiger partial charge is 0.502 e. The van der Waals surface area contributed by atoms with E-state index < -0.39 is 10.6 Å². The highest BCUT2D eigenvalue weighted by Crippen LogP contribution is 2.38. The Kier molecular flexibility index (Phi) is 8.87. The zero-order chi connectivity index (χ0) is 15.4. The fourth-order valence-corrected chi connectivity index (χ4v) is 2.77. The van der Waals surface area contributed by atoms with Gasteiger partial charge in [-0.05, 0) is 12.5 Å². The smallest absolute Gasteiger partial charge is 0.312 e. The van der Waals surface area contributed by atoms with Crippen molar-refractivity contribution in [1.29, 1.82) is 5.26 Å². The van der Waals surface area contributed by atoms with Crippen LogP contribution in [0, 0.1) is 21.4 Å². The highest BCUT2D eigenvalue weighted by atomic mass is 35.5. The van der Waals surface area contributed by atoms with E-state index >= 15 is 0 Å². The van der Waals surface area contributed by atoms with Crippen molar-refractivity contribution in [3.8, 4) is 11.8 Å². The molecule has 1 aromatic rings. The zero-order valence-electron chi connectivity index (χ0n) is 12.7. The molecule has 1 aliphatic heterocycles. The van der Waals surface area contributed by atoms with Crippen molar-refractivity contribution < 1.29 is 10.0 Å². The van der Waals surface area contributed by atoms with E-state index in [4.69, 9.17) is 5.26 Å². The van der Waals surface area contributed by atoms with Gasteiger partial charge in [-0.1, -0.05) is 6.92 Å². The molecule has 1 aliphatic rings. The van der Waals surface area contributed by atoms with Gasteiger partial charge in [0.25, 0.3) is 0 Å². The number of phenols is 1. The summed E-state index contributed by atoms with van der Waals surface area (Å²) in [4.78, 5) is 12.6. The third-order valence-corrected chi connectivity index (χ3v) is 3.78. The Balaban J connectivity index is 0.00000242. The third-order valence-electron chi connectivity index (χ3n) is 3.78. The Morgan fingerprint density at radius 2 is 2.04 bits per heavy atom. The van der Waals surface area contributed by atoms with Crippen LogP contribution in [0.4, 0.5) is 5.69 Å². The first-order chi connectivity index (χ1) is 10.1. The molecule has 0 radical (unpaired) electrons. The predicted molar refractivity (Wildman–Crippen MR) is 91.4 cm³/mol. The lowest BCUT2D eigenvalue weighted by Crippen LogP contribution is -2.45. The first-order valence-electron chi connectivity index (χ1n) is 6.94. The number of rotatable bonds is 4. The predicted octanol–water partition coefficient (Wildman–Crippen LogP) is 2.37. The van der Waals surface area contributed by atoms with Crippen LogP contribution in [0.3, 0.4) is 0 Å². The maximum absolute atomic E-state index is 11.0. The van der Waals surface area contributed by atoms with E-state index in [0.717, 1.165) is 32.2 Å². The van der Waals surface area contributed by atoms with Crippen LogP contribution in [0.5, 0.6) is 5.75 Å². The lowest BCUT2D eigenvalue weighted by atomic mass is 9.97. The van der Waals surface area contributed by atoms with Crippen LogP contribution in [-0.2, 0) is 0 Å². The maximum Gasteiger partial charge on any atom is 0.312 e. The molecule has 7 nitrogen and oxygen atoms in total. The number of aromatic hydroxyl groups is 1. The lowest BCUT2D eigenvalue weighted by molar-refractivity contribution is -0.386. The number of nitrogens with zero attached hydrogens (tertiary/aromatic N) is 3. The normalized spacial score (nSPS) is 15.7. The van der Waals surface area contributed by atoms with Crippen molar-refractivity contribution in [2.45, 2.75) is 19.4 Å². The summed E-state index contributed by atoms with van der Waals surface area (Å²) in [5.41, 5.74) is 0.255. The van der Waals surface area contributed by atoms with Crippen LogP contribution in [-0.4, -0.2) is 41.1 Å². The van der Waals surface area contributed by atoms with Crippen molar-refractivity contribution in [2.24, 2.45) is 0 Å². The van der Waals surface area contributed by atoms with Crippen LogP contribution in [0.1, 0.15) is 30.5 Å². The molecule has 0 unspecified atom stereocenters. The van der Waals surface area contributed by atoms with Gasteiger partial charge in [-0.25, -0.2) is 0 Å². The number of nitro groups is 1. The molecule has 0 aliphatic carbocycles. The Morgan fingerprint density at radius 1 is 1.43 bits per heavy atom. The summed E-state index contributed by atoms with van der Waals surface area (Å²) in [6.07, 6.45) is 0.708. The summed E-state index contributed by atoms with van der Waals surface area (Å²) in [6.45, 7) is 5.27. The number of nitro benzene ring substituents is 1. The topological polar surface area (TPSA) is 102 Å². The Morgan fingerprint density at radius 3 is 2.52 bits per heavy atom. The van der Waals surface area contributed by atoms with E-state index in [1.54, 1.807) is 6.07 Å². The van der Waals surface area contributed by atoms with Crippen molar-refractivity contribution in [3.05, 3.63) is 33.4 Å². The molecule has 0 amide bonds. The summed E-state index contributed by atoms with van der Waals surface area (Å²) in [5, 5.41) is 33.6. The summed E-state index contributed by atoms with van der Waals surface area (Å²) >= 11 is 0.